The lowest BCUT2D eigenvalue weighted by Crippen LogP contribution is -2.37. The first kappa shape index (κ1) is 13.8. The van der Waals surface area contributed by atoms with E-state index < -0.39 is 0 Å². The number of nitrogens with two attached hydrogens (primary N) is 1. The lowest BCUT2D eigenvalue weighted by atomic mass is 9.94. The van der Waals surface area contributed by atoms with Gasteiger partial charge in [0.1, 0.15) is 5.75 Å². The number of piperidine rings is 1. The summed E-state index contributed by atoms with van der Waals surface area (Å²) in [5, 5.41) is 3.39. The molecule has 1 aliphatic heterocycles. The molecule has 1 amide bonds. The molecule has 0 bridgehead atoms. The van der Waals surface area contributed by atoms with Crippen LogP contribution in [-0.2, 0) is 0 Å². The molecule has 0 saturated carbocycles. The molecule has 2 rings (SSSR count). The van der Waals surface area contributed by atoms with Crippen LogP contribution in [0.4, 0.5) is 0 Å². The standard InChI is InChI=1S/C14H21N3O2/c1-10(12-3-2-8-16-9-12)19-13-6-4-11(5-7-13)14(18)17-15/h4-7,10,12,16H,2-3,8-9,15H2,1H3,(H,17,18). The Bertz CT molecular complexity index is 413. The molecule has 0 radical (unpaired) electrons. The third-order valence-corrected chi connectivity index (χ3v) is 3.57. The highest BCUT2D eigenvalue weighted by molar-refractivity contribution is 5.93. The molecule has 19 heavy (non-hydrogen) atoms. The maximum absolute atomic E-state index is 11.3. The Morgan fingerprint density at radius 1 is 1.47 bits per heavy atom. The highest BCUT2D eigenvalue weighted by Crippen LogP contribution is 2.21. The molecule has 104 valence electrons. The Labute approximate surface area is 113 Å². The molecule has 5 nitrogen and oxygen atoms in total. The molecule has 1 aromatic rings. The quantitative estimate of drug-likeness (QED) is 0.431. The number of hydrogen-bond acceptors (Lipinski definition) is 4. The molecule has 1 heterocycles. The van der Waals surface area contributed by atoms with Gasteiger partial charge in [0, 0.05) is 18.0 Å². The zero-order valence-corrected chi connectivity index (χ0v) is 11.2. The smallest absolute Gasteiger partial charge is 0.265 e. The fourth-order valence-corrected chi connectivity index (χ4v) is 2.36. The molecular formula is C14H21N3O2. The zero-order valence-electron chi connectivity index (χ0n) is 11.2. The highest BCUT2D eigenvalue weighted by Gasteiger charge is 2.21. The van der Waals surface area contributed by atoms with Gasteiger partial charge in [-0.3, -0.25) is 10.2 Å². The van der Waals surface area contributed by atoms with Crippen LogP contribution in [0.5, 0.6) is 5.75 Å². The summed E-state index contributed by atoms with van der Waals surface area (Å²) in [5.41, 5.74) is 2.63. The number of nitrogen functional groups attached to an aromatic ring is 1. The van der Waals surface area contributed by atoms with Crippen molar-refractivity contribution in [2.75, 3.05) is 13.1 Å². The van der Waals surface area contributed by atoms with Gasteiger partial charge >= 0.3 is 0 Å². The van der Waals surface area contributed by atoms with Crippen LogP contribution in [0.2, 0.25) is 0 Å². The normalized spacial score (nSPS) is 20.6. The van der Waals surface area contributed by atoms with Crippen molar-refractivity contribution in [1.82, 2.24) is 10.7 Å². The van der Waals surface area contributed by atoms with Gasteiger partial charge in [-0.25, -0.2) is 5.84 Å². The maximum atomic E-state index is 11.3. The number of amides is 1. The number of rotatable bonds is 4. The second-order valence-corrected chi connectivity index (χ2v) is 4.93. The molecule has 1 fully saturated rings. The van der Waals surface area contributed by atoms with E-state index in [9.17, 15) is 4.79 Å². The summed E-state index contributed by atoms with van der Waals surface area (Å²) in [7, 11) is 0. The Balaban J connectivity index is 1.93. The van der Waals surface area contributed by atoms with E-state index in [1.54, 1.807) is 24.3 Å². The number of carbonyl (C=O) groups is 1. The Morgan fingerprint density at radius 2 is 2.21 bits per heavy atom. The van der Waals surface area contributed by atoms with Gasteiger partial charge in [0.2, 0.25) is 0 Å². The second kappa shape index (κ2) is 6.54. The first-order chi connectivity index (χ1) is 9.20. The van der Waals surface area contributed by atoms with E-state index in [2.05, 4.69) is 17.7 Å². The lowest BCUT2D eigenvalue weighted by molar-refractivity contribution is 0.0953. The lowest BCUT2D eigenvalue weighted by Gasteiger charge is -2.28. The molecule has 0 aliphatic carbocycles. The number of benzene rings is 1. The SMILES string of the molecule is CC(Oc1ccc(C(=O)NN)cc1)C1CCCNC1. The summed E-state index contributed by atoms with van der Waals surface area (Å²) in [5.74, 6) is 6.11. The molecule has 0 aromatic heterocycles. The van der Waals surface area contributed by atoms with Crippen molar-refractivity contribution < 1.29 is 9.53 Å². The van der Waals surface area contributed by atoms with Gasteiger partial charge in [0.25, 0.3) is 5.91 Å². The summed E-state index contributed by atoms with van der Waals surface area (Å²) in [6, 6.07) is 7.03. The summed E-state index contributed by atoms with van der Waals surface area (Å²) in [6.07, 6.45) is 2.57. The van der Waals surface area contributed by atoms with Gasteiger partial charge in [-0.05, 0) is 50.6 Å². The minimum absolute atomic E-state index is 0.169. The van der Waals surface area contributed by atoms with Gasteiger partial charge in [0.15, 0.2) is 0 Å². The van der Waals surface area contributed by atoms with E-state index in [1.807, 2.05) is 0 Å². The molecule has 1 saturated heterocycles. The Hall–Kier alpha value is -1.59. The molecule has 5 heteroatoms. The van der Waals surface area contributed by atoms with E-state index >= 15 is 0 Å². The van der Waals surface area contributed by atoms with Crippen LogP contribution in [-0.4, -0.2) is 25.1 Å². The third-order valence-electron chi connectivity index (χ3n) is 3.57. The summed E-state index contributed by atoms with van der Waals surface area (Å²) >= 11 is 0. The second-order valence-electron chi connectivity index (χ2n) is 4.93. The van der Waals surface area contributed by atoms with Crippen LogP contribution < -0.4 is 21.3 Å². The molecule has 1 aromatic carbocycles. The summed E-state index contributed by atoms with van der Waals surface area (Å²) in [4.78, 5) is 11.3. The number of ether oxygens (including phenoxy) is 1. The van der Waals surface area contributed by atoms with Crippen molar-refractivity contribution in [3.05, 3.63) is 29.8 Å². The Morgan fingerprint density at radius 3 is 2.79 bits per heavy atom. The Kier molecular flexibility index (Phi) is 4.76. The van der Waals surface area contributed by atoms with Crippen molar-refractivity contribution >= 4 is 5.91 Å². The first-order valence-electron chi connectivity index (χ1n) is 6.69. The van der Waals surface area contributed by atoms with Crippen LogP contribution in [0.15, 0.2) is 24.3 Å². The van der Waals surface area contributed by atoms with Gasteiger partial charge in [0.05, 0.1) is 6.10 Å². The number of hydrazine groups is 1. The van der Waals surface area contributed by atoms with Crippen molar-refractivity contribution in [3.8, 4) is 5.75 Å². The molecule has 0 spiro atoms. The maximum Gasteiger partial charge on any atom is 0.265 e. The number of carbonyl (C=O) groups excluding carboxylic acids is 1. The van der Waals surface area contributed by atoms with Gasteiger partial charge in [-0.1, -0.05) is 0 Å². The van der Waals surface area contributed by atoms with E-state index in [0.29, 0.717) is 11.5 Å². The van der Waals surface area contributed by atoms with Crippen molar-refractivity contribution in [2.24, 2.45) is 11.8 Å². The molecule has 4 N–H and O–H groups in total. The van der Waals surface area contributed by atoms with E-state index in [1.165, 1.54) is 12.8 Å². The van der Waals surface area contributed by atoms with Gasteiger partial charge in [-0.2, -0.15) is 0 Å². The van der Waals surface area contributed by atoms with E-state index in [-0.39, 0.29) is 12.0 Å². The first-order valence-corrected chi connectivity index (χ1v) is 6.69. The molecular weight excluding hydrogens is 242 g/mol. The van der Waals surface area contributed by atoms with Gasteiger partial charge in [-0.15, -0.1) is 0 Å². The molecule has 1 aliphatic rings. The van der Waals surface area contributed by atoms with Crippen LogP contribution >= 0.6 is 0 Å². The van der Waals surface area contributed by atoms with Crippen LogP contribution in [0.25, 0.3) is 0 Å². The molecule has 2 atom stereocenters. The summed E-state index contributed by atoms with van der Waals surface area (Å²) in [6.45, 7) is 4.21. The third kappa shape index (κ3) is 3.68. The predicted molar refractivity (Wildman–Crippen MR) is 73.8 cm³/mol. The van der Waals surface area contributed by atoms with E-state index in [0.717, 1.165) is 18.8 Å². The zero-order chi connectivity index (χ0) is 13.7. The minimum Gasteiger partial charge on any atom is -0.490 e. The van der Waals surface area contributed by atoms with Crippen LogP contribution in [0.3, 0.4) is 0 Å². The van der Waals surface area contributed by atoms with Gasteiger partial charge < -0.3 is 10.1 Å². The summed E-state index contributed by atoms with van der Waals surface area (Å²) < 4.78 is 5.92. The predicted octanol–water partition coefficient (Wildman–Crippen LogP) is 1.06. The van der Waals surface area contributed by atoms with Crippen molar-refractivity contribution in [1.29, 1.82) is 0 Å². The fourth-order valence-electron chi connectivity index (χ4n) is 2.36. The number of hydrogen-bond donors (Lipinski definition) is 3. The minimum atomic E-state index is -0.295. The van der Waals surface area contributed by atoms with Crippen LogP contribution in [0, 0.1) is 5.92 Å². The number of nitrogens with one attached hydrogen (secondary N) is 2. The highest BCUT2D eigenvalue weighted by atomic mass is 16.5. The van der Waals surface area contributed by atoms with Crippen LogP contribution in [0.1, 0.15) is 30.1 Å². The van der Waals surface area contributed by atoms with E-state index in [4.69, 9.17) is 10.6 Å². The average Bonchev–Trinajstić information content (AvgIpc) is 2.48. The van der Waals surface area contributed by atoms with Crippen molar-refractivity contribution in [3.63, 3.8) is 0 Å². The monoisotopic (exact) mass is 263 g/mol. The molecule has 2 unspecified atom stereocenters. The largest absolute Gasteiger partial charge is 0.490 e. The van der Waals surface area contributed by atoms with Crippen molar-refractivity contribution in [2.45, 2.75) is 25.9 Å². The topological polar surface area (TPSA) is 76.4 Å². The average molecular weight is 263 g/mol. The fraction of sp³-hybridized carbons (Fsp3) is 0.500.